The number of anilines is 1. The predicted molar refractivity (Wildman–Crippen MR) is 72.0 cm³/mol. The summed E-state index contributed by atoms with van der Waals surface area (Å²) in [5, 5.41) is 2.75. The van der Waals surface area contributed by atoms with E-state index in [1.54, 1.807) is 16.8 Å². The Morgan fingerprint density at radius 2 is 2.37 bits per heavy atom. The third kappa shape index (κ3) is 3.02. The Kier molecular flexibility index (Phi) is 4.01. The minimum absolute atomic E-state index is 0.0773. The highest BCUT2D eigenvalue weighted by molar-refractivity contribution is 5.98. The number of hydrogen-bond donors (Lipinski definition) is 2. The molecule has 2 heterocycles. The maximum atomic E-state index is 12.1. The van der Waals surface area contributed by atoms with Crippen LogP contribution in [0.4, 0.5) is 5.69 Å². The molecule has 1 aliphatic rings. The topological polar surface area (TPSA) is 86.3 Å². The second-order valence-electron chi connectivity index (χ2n) is 4.86. The highest BCUT2D eigenvalue weighted by Crippen LogP contribution is 2.17. The van der Waals surface area contributed by atoms with E-state index in [1.165, 1.54) is 6.07 Å². The van der Waals surface area contributed by atoms with Gasteiger partial charge in [0.1, 0.15) is 5.54 Å². The van der Waals surface area contributed by atoms with Gasteiger partial charge in [0.25, 0.3) is 5.56 Å². The number of rotatable bonds is 4. The zero-order valence-electron chi connectivity index (χ0n) is 11.0. The minimum Gasteiger partial charge on any atom is -0.379 e. The first-order valence-electron chi connectivity index (χ1n) is 6.44. The normalized spacial score (nSPS) is 22.4. The van der Waals surface area contributed by atoms with Gasteiger partial charge in [-0.25, -0.2) is 0 Å². The van der Waals surface area contributed by atoms with Crippen LogP contribution in [0.1, 0.15) is 19.8 Å². The molecule has 0 aromatic carbocycles. The fourth-order valence-electron chi connectivity index (χ4n) is 2.04. The average molecular weight is 265 g/mol. The average Bonchev–Trinajstić information content (AvgIpc) is 2.82. The highest BCUT2D eigenvalue weighted by atomic mass is 16.5. The van der Waals surface area contributed by atoms with E-state index in [9.17, 15) is 9.59 Å². The van der Waals surface area contributed by atoms with Gasteiger partial charge in [-0.3, -0.25) is 9.59 Å². The molecule has 1 aromatic rings. The number of pyridine rings is 1. The number of amides is 1. The molecule has 1 atom stereocenters. The Bertz CT molecular complexity index is 518. The summed E-state index contributed by atoms with van der Waals surface area (Å²) in [7, 11) is 0. The lowest BCUT2D eigenvalue weighted by Gasteiger charge is -2.20. The highest BCUT2D eigenvalue weighted by Gasteiger charge is 2.38. The molecule has 1 fully saturated rings. The van der Waals surface area contributed by atoms with E-state index in [0.717, 1.165) is 6.42 Å². The minimum atomic E-state index is -0.967. The van der Waals surface area contributed by atoms with Gasteiger partial charge in [0, 0.05) is 25.4 Å². The van der Waals surface area contributed by atoms with E-state index in [-0.39, 0.29) is 18.1 Å². The van der Waals surface area contributed by atoms with Crippen LogP contribution in [0, 0.1) is 0 Å². The van der Waals surface area contributed by atoms with Crippen molar-refractivity contribution in [3.63, 3.8) is 0 Å². The van der Waals surface area contributed by atoms with Crippen LogP contribution in [0.25, 0.3) is 0 Å². The number of nitrogens with two attached hydrogens (primary N) is 1. The van der Waals surface area contributed by atoms with Crippen molar-refractivity contribution in [2.24, 2.45) is 5.73 Å². The molecule has 0 spiro atoms. The molecule has 1 aliphatic heterocycles. The van der Waals surface area contributed by atoms with Crippen LogP contribution >= 0.6 is 0 Å². The fourth-order valence-corrected chi connectivity index (χ4v) is 2.04. The van der Waals surface area contributed by atoms with Crippen LogP contribution in [-0.2, 0) is 16.1 Å². The largest absolute Gasteiger partial charge is 0.379 e. The first-order chi connectivity index (χ1) is 9.05. The van der Waals surface area contributed by atoms with Crippen LogP contribution in [0.2, 0.25) is 0 Å². The molecular weight excluding hydrogens is 246 g/mol. The molecule has 0 bridgehead atoms. The standard InChI is InChI=1S/C13H19N3O3/c1-2-6-16-8-10(3-4-11(16)17)15-12(18)13(14)5-7-19-9-13/h3-4,8H,2,5-7,9,14H2,1H3,(H,15,18). The summed E-state index contributed by atoms with van der Waals surface area (Å²) in [6.07, 6.45) is 3.00. The second kappa shape index (κ2) is 5.54. The van der Waals surface area contributed by atoms with Crippen molar-refractivity contribution in [2.75, 3.05) is 18.5 Å². The summed E-state index contributed by atoms with van der Waals surface area (Å²) >= 11 is 0. The zero-order valence-corrected chi connectivity index (χ0v) is 11.0. The molecule has 0 aliphatic carbocycles. The predicted octanol–water partition coefficient (Wildman–Crippen LogP) is 0.315. The van der Waals surface area contributed by atoms with Crippen molar-refractivity contribution in [3.05, 3.63) is 28.7 Å². The molecule has 0 radical (unpaired) electrons. The van der Waals surface area contributed by atoms with Gasteiger partial charge in [0.15, 0.2) is 0 Å². The van der Waals surface area contributed by atoms with Crippen LogP contribution in [0.3, 0.4) is 0 Å². The summed E-state index contributed by atoms with van der Waals surface area (Å²) in [5.41, 5.74) is 5.51. The fraction of sp³-hybridized carbons (Fsp3) is 0.538. The molecule has 19 heavy (non-hydrogen) atoms. The van der Waals surface area contributed by atoms with E-state index < -0.39 is 5.54 Å². The molecule has 1 saturated heterocycles. The first-order valence-corrected chi connectivity index (χ1v) is 6.44. The van der Waals surface area contributed by atoms with Crippen LogP contribution in [0.5, 0.6) is 0 Å². The van der Waals surface area contributed by atoms with Gasteiger partial charge < -0.3 is 20.4 Å². The van der Waals surface area contributed by atoms with E-state index in [1.807, 2.05) is 6.92 Å². The third-order valence-corrected chi connectivity index (χ3v) is 3.21. The van der Waals surface area contributed by atoms with Crippen molar-refractivity contribution < 1.29 is 9.53 Å². The lowest BCUT2D eigenvalue weighted by atomic mass is 9.99. The van der Waals surface area contributed by atoms with Crippen molar-refractivity contribution in [1.82, 2.24) is 4.57 Å². The van der Waals surface area contributed by atoms with Gasteiger partial charge in [-0.05, 0) is 18.9 Å². The third-order valence-electron chi connectivity index (χ3n) is 3.21. The van der Waals surface area contributed by atoms with E-state index in [4.69, 9.17) is 10.5 Å². The SMILES string of the molecule is CCCn1cc(NC(=O)C2(N)CCOC2)ccc1=O. The Morgan fingerprint density at radius 3 is 3.00 bits per heavy atom. The Balaban J connectivity index is 2.12. The number of aromatic nitrogens is 1. The molecule has 104 valence electrons. The smallest absolute Gasteiger partial charge is 0.250 e. The monoisotopic (exact) mass is 265 g/mol. The van der Waals surface area contributed by atoms with Crippen molar-refractivity contribution in [2.45, 2.75) is 31.8 Å². The van der Waals surface area contributed by atoms with Crippen LogP contribution in [0.15, 0.2) is 23.1 Å². The molecule has 2 rings (SSSR count). The number of nitrogens with zero attached hydrogens (tertiary/aromatic N) is 1. The lowest BCUT2D eigenvalue weighted by molar-refractivity contribution is -0.121. The number of ether oxygens (including phenoxy) is 1. The van der Waals surface area contributed by atoms with Crippen LogP contribution in [-0.4, -0.2) is 29.2 Å². The van der Waals surface area contributed by atoms with Crippen molar-refractivity contribution >= 4 is 11.6 Å². The maximum absolute atomic E-state index is 12.1. The number of aryl methyl sites for hydroxylation is 1. The maximum Gasteiger partial charge on any atom is 0.250 e. The number of carbonyl (C=O) groups is 1. The van der Waals surface area contributed by atoms with Gasteiger partial charge in [0.2, 0.25) is 5.91 Å². The van der Waals surface area contributed by atoms with E-state index in [0.29, 0.717) is 25.3 Å². The molecule has 0 saturated carbocycles. The zero-order chi connectivity index (χ0) is 13.9. The Labute approximate surface area is 111 Å². The van der Waals surface area contributed by atoms with Crippen molar-refractivity contribution in [3.8, 4) is 0 Å². The van der Waals surface area contributed by atoms with Gasteiger partial charge in [-0.2, -0.15) is 0 Å². The number of nitrogens with one attached hydrogen (secondary N) is 1. The van der Waals surface area contributed by atoms with Crippen LogP contribution < -0.4 is 16.6 Å². The molecule has 1 unspecified atom stereocenters. The summed E-state index contributed by atoms with van der Waals surface area (Å²) < 4.78 is 6.73. The summed E-state index contributed by atoms with van der Waals surface area (Å²) in [6.45, 7) is 3.34. The molecule has 1 amide bonds. The molecule has 6 nitrogen and oxygen atoms in total. The first kappa shape index (κ1) is 13.8. The number of carbonyl (C=O) groups excluding carboxylic acids is 1. The summed E-state index contributed by atoms with van der Waals surface area (Å²) in [4.78, 5) is 23.7. The van der Waals surface area contributed by atoms with Gasteiger partial charge in [-0.15, -0.1) is 0 Å². The summed E-state index contributed by atoms with van der Waals surface area (Å²) in [6, 6.07) is 3.03. The molecule has 3 N–H and O–H groups in total. The van der Waals surface area contributed by atoms with Gasteiger partial charge in [-0.1, -0.05) is 6.92 Å². The second-order valence-corrected chi connectivity index (χ2v) is 4.86. The van der Waals surface area contributed by atoms with Gasteiger partial charge in [0.05, 0.1) is 12.3 Å². The molecule has 6 heteroatoms. The Morgan fingerprint density at radius 1 is 1.58 bits per heavy atom. The molecular formula is C13H19N3O3. The number of hydrogen-bond acceptors (Lipinski definition) is 4. The Hall–Kier alpha value is -1.66. The van der Waals surface area contributed by atoms with Gasteiger partial charge >= 0.3 is 0 Å². The van der Waals surface area contributed by atoms with E-state index >= 15 is 0 Å². The molecule has 1 aromatic heterocycles. The van der Waals surface area contributed by atoms with E-state index in [2.05, 4.69) is 5.32 Å². The van der Waals surface area contributed by atoms with Crippen molar-refractivity contribution in [1.29, 1.82) is 0 Å². The lowest BCUT2D eigenvalue weighted by Crippen LogP contribution is -2.51. The quantitative estimate of drug-likeness (QED) is 0.820. The summed E-state index contributed by atoms with van der Waals surface area (Å²) in [5.74, 6) is -0.272.